The average Bonchev–Trinajstić information content (AvgIpc) is 3.46. The summed E-state index contributed by atoms with van der Waals surface area (Å²) in [5.41, 5.74) is 1.23. The zero-order valence-corrected chi connectivity index (χ0v) is 20.0. The highest BCUT2D eigenvalue weighted by Gasteiger charge is 2.45. The second-order valence-corrected chi connectivity index (χ2v) is 8.61. The summed E-state index contributed by atoms with van der Waals surface area (Å²) in [4.78, 5) is 31.8. The minimum Gasteiger partial charge on any atom is -0.507 e. The Morgan fingerprint density at radius 3 is 2.31 bits per heavy atom. The molecular formula is C27H29N3O5. The number of ketones is 1. The Balaban J connectivity index is 1.71. The number of aromatic nitrogens is 2. The first kappa shape index (κ1) is 24.1. The molecule has 1 fully saturated rings. The van der Waals surface area contributed by atoms with Crippen LogP contribution in [-0.4, -0.2) is 51.0 Å². The smallest absolute Gasteiger partial charge is 0.295 e. The Labute approximate surface area is 204 Å². The summed E-state index contributed by atoms with van der Waals surface area (Å²) in [5, 5.41) is 11.2. The van der Waals surface area contributed by atoms with Crippen LogP contribution in [0.15, 0.2) is 72.8 Å². The van der Waals surface area contributed by atoms with Gasteiger partial charge < -0.3 is 24.0 Å². The highest BCUT2D eigenvalue weighted by Crippen LogP contribution is 2.40. The number of aryl methyl sites for hydroxylation is 1. The number of amides is 1. The number of aliphatic hydroxyl groups excluding tert-OH is 1. The van der Waals surface area contributed by atoms with Crippen LogP contribution >= 0.6 is 0 Å². The van der Waals surface area contributed by atoms with Crippen LogP contribution < -0.4 is 9.47 Å². The zero-order valence-electron chi connectivity index (χ0n) is 20.0. The lowest BCUT2D eigenvalue weighted by Crippen LogP contribution is -2.31. The van der Waals surface area contributed by atoms with Gasteiger partial charge in [-0.2, -0.15) is 0 Å². The molecule has 0 radical (unpaired) electrons. The molecule has 1 amide bonds. The molecule has 1 atom stereocenters. The Bertz CT molecular complexity index is 1200. The second-order valence-electron chi connectivity index (χ2n) is 8.61. The van der Waals surface area contributed by atoms with Crippen molar-refractivity contribution in [2.45, 2.75) is 39.0 Å². The molecular weight excluding hydrogens is 446 g/mol. The lowest BCUT2D eigenvalue weighted by Gasteiger charge is -2.25. The van der Waals surface area contributed by atoms with E-state index < -0.39 is 17.7 Å². The molecule has 1 saturated heterocycles. The number of Topliss-reactive ketones (excluding diaryl/α,β-unsaturated/α-hetero) is 1. The number of methoxy groups -OCH3 is 1. The van der Waals surface area contributed by atoms with E-state index in [9.17, 15) is 14.7 Å². The molecule has 3 aromatic rings. The Morgan fingerprint density at radius 1 is 1.03 bits per heavy atom. The number of carbonyl (C=O) groups excluding carboxylic acids is 2. The number of aliphatic hydroxyl groups is 1. The van der Waals surface area contributed by atoms with Gasteiger partial charge in [-0.05, 0) is 62.2 Å². The van der Waals surface area contributed by atoms with E-state index in [2.05, 4.69) is 4.98 Å². The van der Waals surface area contributed by atoms with E-state index in [1.54, 1.807) is 43.9 Å². The van der Waals surface area contributed by atoms with Crippen molar-refractivity contribution in [3.8, 4) is 11.5 Å². The molecule has 1 aliphatic rings. The third-order valence-corrected chi connectivity index (χ3v) is 5.85. The number of hydrogen-bond donors (Lipinski definition) is 1. The Morgan fingerprint density at radius 2 is 1.71 bits per heavy atom. The van der Waals surface area contributed by atoms with Crippen molar-refractivity contribution in [1.29, 1.82) is 0 Å². The van der Waals surface area contributed by atoms with Gasteiger partial charge in [0.2, 0.25) is 0 Å². The molecule has 1 aliphatic heterocycles. The molecule has 0 aliphatic carbocycles. The van der Waals surface area contributed by atoms with Crippen LogP contribution in [0.25, 0.3) is 5.76 Å². The zero-order chi connectivity index (χ0) is 24.9. The molecule has 1 aromatic heterocycles. The predicted molar refractivity (Wildman–Crippen MR) is 131 cm³/mol. The number of likely N-dealkylation sites (tertiary alicyclic amines) is 1. The molecule has 4 rings (SSSR count). The van der Waals surface area contributed by atoms with Crippen molar-refractivity contribution < 1.29 is 24.2 Å². The van der Waals surface area contributed by atoms with Crippen molar-refractivity contribution in [2.24, 2.45) is 0 Å². The maximum Gasteiger partial charge on any atom is 0.295 e. The molecule has 1 N–H and O–H groups in total. The number of benzene rings is 2. The van der Waals surface area contributed by atoms with Crippen LogP contribution in [0.3, 0.4) is 0 Å². The Hall–Kier alpha value is -4.07. The van der Waals surface area contributed by atoms with Gasteiger partial charge >= 0.3 is 0 Å². The van der Waals surface area contributed by atoms with Crippen molar-refractivity contribution in [2.75, 3.05) is 13.7 Å². The van der Waals surface area contributed by atoms with E-state index >= 15 is 0 Å². The number of carbonyl (C=O) groups is 2. The fraction of sp³-hybridized carbons (Fsp3) is 0.296. The van der Waals surface area contributed by atoms with E-state index in [-0.39, 0.29) is 17.4 Å². The molecule has 0 bridgehead atoms. The van der Waals surface area contributed by atoms with Crippen LogP contribution in [0.5, 0.6) is 11.5 Å². The second kappa shape index (κ2) is 10.5. The lowest BCUT2D eigenvalue weighted by molar-refractivity contribution is -0.139. The van der Waals surface area contributed by atoms with E-state index in [0.717, 1.165) is 5.56 Å². The van der Waals surface area contributed by atoms with E-state index in [1.165, 1.54) is 4.90 Å². The third-order valence-electron chi connectivity index (χ3n) is 5.85. The monoisotopic (exact) mass is 475 g/mol. The van der Waals surface area contributed by atoms with Crippen LogP contribution in [-0.2, 0) is 16.1 Å². The third kappa shape index (κ3) is 5.21. The van der Waals surface area contributed by atoms with Gasteiger partial charge in [-0.1, -0.05) is 12.1 Å². The topological polar surface area (TPSA) is 93.9 Å². The molecule has 8 nitrogen and oxygen atoms in total. The first-order chi connectivity index (χ1) is 16.9. The first-order valence-electron chi connectivity index (χ1n) is 11.5. The van der Waals surface area contributed by atoms with Gasteiger partial charge in [-0.3, -0.25) is 9.59 Å². The van der Waals surface area contributed by atoms with Gasteiger partial charge in [0.15, 0.2) is 0 Å². The van der Waals surface area contributed by atoms with Gasteiger partial charge in [-0.15, -0.1) is 0 Å². The molecule has 35 heavy (non-hydrogen) atoms. The summed E-state index contributed by atoms with van der Waals surface area (Å²) in [6.45, 7) is 4.88. The molecule has 8 heteroatoms. The van der Waals surface area contributed by atoms with Gasteiger partial charge in [0.25, 0.3) is 11.7 Å². The molecule has 2 aromatic carbocycles. The molecule has 0 spiro atoms. The summed E-state index contributed by atoms with van der Waals surface area (Å²) in [6.07, 6.45) is 5.90. The standard InChI is InChI=1S/C27H29N3O5/c1-18(2)35-22-11-5-19(6-12-22)24-23(25(31)20-7-9-21(34-3)10-8-20)26(32)27(33)30(24)15-4-14-29-16-13-28-17-29/h5-13,16-18,24,31H,4,14-15H2,1-3H3. The maximum atomic E-state index is 13.2. The fourth-order valence-corrected chi connectivity index (χ4v) is 4.21. The summed E-state index contributed by atoms with van der Waals surface area (Å²) in [6, 6.07) is 13.3. The molecule has 0 saturated carbocycles. The molecule has 182 valence electrons. The number of ether oxygens (including phenoxy) is 2. The van der Waals surface area contributed by atoms with E-state index in [4.69, 9.17) is 9.47 Å². The normalized spacial score (nSPS) is 17.3. The highest BCUT2D eigenvalue weighted by molar-refractivity contribution is 6.46. The van der Waals surface area contributed by atoms with Crippen molar-refractivity contribution >= 4 is 17.4 Å². The average molecular weight is 476 g/mol. The summed E-state index contributed by atoms with van der Waals surface area (Å²) in [5.74, 6) is -0.225. The number of rotatable bonds is 9. The number of nitrogens with zero attached hydrogens (tertiary/aromatic N) is 3. The summed E-state index contributed by atoms with van der Waals surface area (Å²) < 4.78 is 12.8. The number of hydrogen-bond acceptors (Lipinski definition) is 6. The Kier molecular flexibility index (Phi) is 7.19. The largest absolute Gasteiger partial charge is 0.507 e. The van der Waals surface area contributed by atoms with E-state index in [1.807, 2.05) is 48.9 Å². The molecule has 2 heterocycles. The SMILES string of the molecule is COc1ccc(C(O)=C2C(=O)C(=O)N(CCCn3ccnc3)C2c2ccc(OC(C)C)cc2)cc1. The van der Waals surface area contributed by atoms with Crippen molar-refractivity contribution in [1.82, 2.24) is 14.5 Å². The van der Waals surface area contributed by atoms with Gasteiger partial charge in [0.05, 0.1) is 31.2 Å². The van der Waals surface area contributed by atoms with Gasteiger partial charge in [0.1, 0.15) is 17.3 Å². The van der Waals surface area contributed by atoms with Crippen LogP contribution in [0.2, 0.25) is 0 Å². The van der Waals surface area contributed by atoms with Crippen LogP contribution in [0.1, 0.15) is 37.4 Å². The highest BCUT2D eigenvalue weighted by atomic mass is 16.5. The minimum atomic E-state index is -0.715. The number of imidazole rings is 1. The predicted octanol–water partition coefficient (Wildman–Crippen LogP) is 4.19. The molecule has 1 unspecified atom stereocenters. The van der Waals surface area contributed by atoms with Crippen LogP contribution in [0.4, 0.5) is 0 Å². The van der Waals surface area contributed by atoms with Gasteiger partial charge in [-0.25, -0.2) is 4.98 Å². The lowest BCUT2D eigenvalue weighted by atomic mass is 9.95. The quantitative estimate of drug-likeness (QED) is 0.283. The van der Waals surface area contributed by atoms with Gasteiger partial charge in [0, 0.05) is 31.0 Å². The first-order valence-corrected chi connectivity index (χ1v) is 11.5. The fourth-order valence-electron chi connectivity index (χ4n) is 4.21. The maximum absolute atomic E-state index is 13.2. The van der Waals surface area contributed by atoms with E-state index in [0.29, 0.717) is 36.6 Å². The van der Waals surface area contributed by atoms with Crippen molar-refractivity contribution in [3.63, 3.8) is 0 Å². The minimum absolute atomic E-state index is 0.0183. The van der Waals surface area contributed by atoms with Crippen LogP contribution in [0, 0.1) is 0 Å². The summed E-state index contributed by atoms with van der Waals surface area (Å²) in [7, 11) is 1.55. The van der Waals surface area contributed by atoms with Crippen molar-refractivity contribution in [3.05, 3.63) is 84.0 Å². The summed E-state index contributed by atoms with van der Waals surface area (Å²) >= 11 is 0.